The van der Waals surface area contributed by atoms with Gasteiger partial charge in [-0.1, -0.05) is 30.3 Å². The Morgan fingerprint density at radius 2 is 2.00 bits per heavy atom. The van der Waals surface area contributed by atoms with E-state index in [1.807, 2.05) is 30.3 Å². The van der Waals surface area contributed by atoms with Gasteiger partial charge in [0.1, 0.15) is 5.78 Å². The van der Waals surface area contributed by atoms with Crippen LogP contribution in [0.4, 0.5) is 0 Å². The lowest BCUT2D eigenvalue weighted by atomic mass is 10.0. The van der Waals surface area contributed by atoms with Crippen LogP contribution in [0.1, 0.15) is 24.5 Å². The van der Waals surface area contributed by atoms with Gasteiger partial charge < -0.3 is 10.8 Å². The maximum absolute atomic E-state index is 10.9. The molecular weight excluding hydrogens is 178 g/mol. The molecule has 0 amide bonds. The summed E-state index contributed by atoms with van der Waals surface area (Å²) in [6.45, 7) is 0.0571. The number of ketones is 1. The first-order valence-corrected chi connectivity index (χ1v) is 4.69. The summed E-state index contributed by atoms with van der Waals surface area (Å²) < 4.78 is 0. The number of carbonyl (C=O) groups excluding carboxylic acids is 1. The molecule has 76 valence electrons. The van der Waals surface area contributed by atoms with E-state index < -0.39 is 6.10 Å². The zero-order valence-electron chi connectivity index (χ0n) is 8.02. The Kier molecular flexibility index (Phi) is 4.29. The first-order chi connectivity index (χ1) is 6.74. The first kappa shape index (κ1) is 10.9. The molecular formula is C11H15NO2. The highest BCUT2D eigenvalue weighted by Gasteiger charge is 2.08. The van der Waals surface area contributed by atoms with Crippen LogP contribution in [0.2, 0.25) is 0 Å². The van der Waals surface area contributed by atoms with E-state index in [1.165, 1.54) is 0 Å². The molecule has 0 bridgehead atoms. The number of hydrogen-bond acceptors (Lipinski definition) is 3. The van der Waals surface area contributed by atoms with Gasteiger partial charge in [0.25, 0.3) is 0 Å². The van der Waals surface area contributed by atoms with Gasteiger partial charge in [-0.3, -0.25) is 4.79 Å². The van der Waals surface area contributed by atoms with Crippen molar-refractivity contribution in [3.05, 3.63) is 35.9 Å². The molecule has 3 heteroatoms. The molecule has 1 aromatic carbocycles. The highest BCUT2D eigenvalue weighted by molar-refractivity contribution is 5.80. The van der Waals surface area contributed by atoms with E-state index in [9.17, 15) is 9.90 Å². The summed E-state index contributed by atoms with van der Waals surface area (Å²) in [5.74, 6) is -0.0139. The fourth-order valence-corrected chi connectivity index (χ4v) is 1.24. The summed E-state index contributed by atoms with van der Waals surface area (Å²) >= 11 is 0. The number of carbonyl (C=O) groups is 1. The molecule has 0 heterocycles. The fraction of sp³-hybridized carbons (Fsp3) is 0.364. The second-order valence-corrected chi connectivity index (χ2v) is 3.21. The van der Waals surface area contributed by atoms with Gasteiger partial charge in [-0.2, -0.15) is 0 Å². The minimum atomic E-state index is -0.563. The van der Waals surface area contributed by atoms with E-state index in [0.29, 0.717) is 12.8 Å². The van der Waals surface area contributed by atoms with E-state index in [2.05, 4.69) is 0 Å². The maximum Gasteiger partial charge on any atom is 0.146 e. The third kappa shape index (κ3) is 3.28. The third-order valence-electron chi connectivity index (χ3n) is 2.11. The molecule has 0 radical (unpaired) electrons. The van der Waals surface area contributed by atoms with E-state index in [4.69, 9.17) is 5.73 Å². The van der Waals surface area contributed by atoms with Gasteiger partial charge in [0.15, 0.2) is 0 Å². The fourth-order valence-electron chi connectivity index (χ4n) is 1.24. The van der Waals surface area contributed by atoms with Crippen LogP contribution in [0.25, 0.3) is 0 Å². The second kappa shape index (κ2) is 5.52. The Labute approximate surface area is 83.6 Å². The largest absolute Gasteiger partial charge is 0.388 e. The molecule has 3 nitrogen and oxygen atoms in total. The van der Waals surface area contributed by atoms with Crippen LogP contribution in [0.3, 0.4) is 0 Å². The average molecular weight is 193 g/mol. The molecule has 1 atom stereocenters. The molecule has 0 aromatic heterocycles. The summed E-state index contributed by atoms with van der Waals surface area (Å²) in [7, 11) is 0. The Balaban J connectivity index is 2.43. The lowest BCUT2D eigenvalue weighted by Gasteiger charge is -2.09. The van der Waals surface area contributed by atoms with Crippen molar-refractivity contribution in [2.45, 2.75) is 18.9 Å². The molecule has 0 spiro atoms. The zero-order valence-corrected chi connectivity index (χ0v) is 8.02. The molecule has 0 aliphatic rings. The van der Waals surface area contributed by atoms with E-state index in [1.54, 1.807) is 0 Å². The molecule has 1 aromatic rings. The molecule has 0 saturated carbocycles. The predicted octanol–water partition coefficient (Wildman–Crippen LogP) is 1.03. The molecule has 14 heavy (non-hydrogen) atoms. The number of aliphatic hydroxyl groups is 1. The van der Waals surface area contributed by atoms with Crippen molar-refractivity contribution in [1.82, 2.24) is 0 Å². The number of benzene rings is 1. The smallest absolute Gasteiger partial charge is 0.146 e. The minimum absolute atomic E-state index is 0.0139. The van der Waals surface area contributed by atoms with E-state index in [-0.39, 0.29) is 12.3 Å². The Morgan fingerprint density at radius 3 is 2.57 bits per heavy atom. The lowest BCUT2D eigenvalue weighted by molar-refractivity contribution is -0.118. The minimum Gasteiger partial charge on any atom is -0.388 e. The number of nitrogens with two attached hydrogens (primary N) is 1. The van der Waals surface area contributed by atoms with Crippen molar-refractivity contribution < 1.29 is 9.90 Å². The van der Waals surface area contributed by atoms with Crippen molar-refractivity contribution in [3.8, 4) is 0 Å². The van der Waals surface area contributed by atoms with Crippen LogP contribution in [0, 0.1) is 0 Å². The topological polar surface area (TPSA) is 63.3 Å². The average Bonchev–Trinajstić information content (AvgIpc) is 2.26. The Bertz CT molecular complexity index is 285. The number of Topliss-reactive ketones (excluding diaryl/α,β-unsaturated/α-hetero) is 1. The quantitative estimate of drug-likeness (QED) is 0.734. The Hall–Kier alpha value is -1.19. The number of hydrogen-bond donors (Lipinski definition) is 2. The molecule has 0 fully saturated rings. The van der Waals surface area contributed by atoms with Crippen molar-refractivity contribution in [3.63, 3.8) is 0 Å². The van der Waals surface area contributed by atoms with E-state index >= 15 is 0 Å². The van der Waals surface area contributed by atoms with Gasteiger partial charge in [0.2, 0.25) is 0 Å². The SMILES string of the molecule is NCC(=O)CCC(O)c1ccccc1. The summed E-state index contributed by atoms with van der Waals surface area (Å²) in [6, 6.07) is 9.31. The second-order valence-electron chi connectivity index (χ2n) is 3.21. The van der Waals surface area contributed by atoms with Crippen molar-refractivity contribution in [2.24, 2.45) is 5.73 Å². The van der Waals surface area contributed by atoms with Crippen molar-refractivity contribution in [2.75, 3.05) is 6.54 Å². The lowest BCUT2D eigenvalue weighted by Crippen LogP contribution is -2.14. The van der Waals surface area contributed by atoms with Gasteiger partial charge >= 0.3 is 0 Å². The highest BCUT2D eigenvalue weighted by Crippen LogP contribution is 2.17. The van der Waals surface area contributed by atoms with Gasteiger partial charge in [-0.05, 0) is 12.0 Å². The normalized spacial score (nSPS) is 12.4. The Morgan fingerprint density at radius 1 is 1.36 bits per heavy atom. The number of rotatable bonds is 5. The van der Waals surface area contributed by atoms with Crippen LogP contribution < -0.4 is 5.73 Å². The molecule has 3 N–H and O–H groups in total. The van der Waals surface area contributed by atoms with Crippen LogP contribution in [0.5, 0.6) is 0 Å². The summed E-state index contributed by atoms with van der Waals surface area (Å²) in [4.78, 5) is 10.9. The van der Waals surface area contributed by atoms with Gasteiger partial charge in [-0.25, -0.2) is 0 Å². The van der Waals surface area contributed by atoms with Crippen LogP contribution in [-0.4, -0.2) is 17.4 Å². The molecule has 0 aliphatic heterocycles. The van der Waals surface area contributed by atoms with Crippen molar-refractivity contribution >= 4 is 5.78 Å². The van der Waals surface area contributed by atoms with E-state index in [0.717, 1.165) is 5.56 Å². The summed E-state index contributed by atoms with van der Waals surface area (Å²) in [5.41, 5.74) is 6.01. The van der Waals surface area contributed by atoms with Gasteiger partial charge in [-0.15, -0.1) is 0 Å². The van der Waals surface area contributed by atoms with Gasteiger partial charge in [0, 0.05) is 6.42 Å². The first-order valence-electron chi connectivity index (χ1n) is 4.69. The molecule has 0 aliphatic carbocycles. The third-order valence-corrected chi connectivity index (χ3v) is 2.11. The van der Waals surface area contributed by atoms with Crippen molar-refractivity contribution in [1.29, 1.82) is 0 Å². The van der Waals surface area contributed by atoms with Gasteiger partial charge in [0.05, 0.1) is 12.6 Å². The van der Waals surface area contributed by atoms with Crippen LogP contribution in [0.15, 0.2) is 30.3 Å². The molecule has 1 unspecified atom stereocenters. The monoisotopic (exact) mass is 193 g/mol. The molecule has 0 saturated heterocycles. The number of aliphatic hydroxyl groups excluding tert-OH is 1. The molecule has 1 rings (SSSR count). The zero-order chi connectivity index (χ0) is 10.4. The standard InChI is InChI=1S/C11H15NO2/c12-8-10(13)6-7-11(14)9-4-2-1-3-5-9/h1-5,11,14H,6-8,12H2. The van der Waals surface area contributed by atoms with Crippen LogP contribution >= 0.6 is 0 Å². The van der Waals surface area contributed by atoms with Crippen LogP contribution in [-0.2, 0) is 4.79 Å². The summed E-state index contributed by atoms with van der Waals surface area (Å²) in [5, 5.41) is 9.67. The maximum atomic E-state index is 10.9. The highest BCUT2D eigenvalue weighted by atomic mass is 16.3. The summed E-state index contributed by atoms with van der Waals surface area (Å²) in [6.07, 6.45) is 0.221. The predicted molar refractivity (Wildman–Crippen MR) is 54.7 cm³/mol.